The van der Waals surface area contributed by atoms with Crippen LogP contribution in [0.1, 0.15) is 24.9 Å². The first-order valence-corrected chi connectivity index (χ1v) is 5.70. The lowest BCUT2D eigenvalue weighted by atomic mass is 10.1. The van der Waals surface area contributed by atoms with Crippen molar-refractivity contribution < 1.29 is 4.74 Å². The van der Waals surface area contributed by atoms with Crippen molar-refractivity contribution in [3.05, 3.63) is 23.9 Å². The van der Waals surface area contributed by atoms with Crippen molar-refractivity contribution in [3.8, 4) is 0 Å². The highest BCUT2D eigenvalue weighted by molar-refractivity contribution is 5.40. The van der Waals surface area contributed by atoms with Crippen LogP contribution in [-0.4, -0.2) is 31.3 Å². The van der Waals surface area contributed by atoms with Gasteiger partial charge in [0, 0.05) is 25.9 Å². The van der Waals surface area contributed by atoms with Crippen LogP contribution in [0.4, 0.5) is 5.82 Å². The minimum atomic E-state index is 0.0432. The highest BCUT2D eigenvalue weighted by atomic mass is 16.5. The number of likely N-dealkylation sites (N-methyl/N-ethyl adjacent to an activating group) is 1. The van der Waals surface area contributed by atoms with Crippen LogP contribution in [-0.2, 0) is 4.74 Å². The van der Waals surface area contributed by atoms with E-state index < -0.39 is 0 Å². The molecule has 0 amide bonds. The second-order valence-electron chi connectivity index (χ2n) is 4.37. The SMILES string of the molecule is C[C@@H](N)c1ccc(N(C)C2CCOC2)nc1. The van der Waals surface area contributed by atoms with E-state index >= 15 is 0 Å². The largest absolute Gasteiger partial charge is 0.379 e. The summed E-state index contributed by atoms with van der Waals surface area (Å²) in [5.74, 6) is 0.986. The van der Waals surface area contributed by atoms with Crippen LogP contribution in [0.5, 0.6) is 0 Å². The van der Waals surface area contributed by atoms with Gasteiger partial charge in [-0.3, -0.25) is 0 Å². The number of pyridine rings is 1. The van der Waals surface area contributed by atoms with Crippen molar-refractivity contribution in [1.82, 2.24) is 4.98 Å². The van der Waals surface area contributed by atoms with Gasteiger partial charge in [0.05, 0.1) is 12.6 Å². The van der Waals surface area contributed by atoms with E-state index in [1.54, 1.807) is 0 Å². The van der Waals surface area contributed by atoms with Gasteiger partial charge in [-0.05, 0) is 25.0 Å². The Labute approximate surface area is 96.4 Å². The smallest absolute Gasteiger partial charge is 0.128 e. The zero-order valence-corrected chi connectivity index (χ0v) is 9.89. The molecule has 1 fully saturated rings. The Balaban J connectivity index is 2.08. The normalized spacial score (nSPS) is 22.1. The summed E-state index contributed by atoms with van der Waals surface area (Å²) in [6.07, 6.45) is 2.93. The van der Waals surface area contributed by atoms with E-state index in [4.69, 9.17) is 10.5 Å². The molecule has 0 aromatic carbocycles. The lowest BCUT2D eigenvalue weighted by Gasteiger charge is -2.24. The molecule has 0 spiro atoms. The molecule has 1 saturated heterocycles. The standard InChI is InChI=1S/C12H19N3O/c1-9(13)10-3-4-12(14-7-10)15(2)11-5-6-16-8-11/h3-4,7,9,11H,5-6,8,13H2,1-2H3/t9-,11?/m1/s1. The fraction of sp³-hybridized carbons (Fsp3) is 0.583. The van der Waals surface area contributed by atoms with Gasteiger partial charge in [0.15, 0.2) is 0 Å². The van der Waals surface area contributed by atoms with E-state index in [-0.39, 0.29) is 6.04 Å². The topological polar surface area (TPSA) is 51.4 Å². The summed E-state index contributed by atoms with van der Waals surface area (Å²) >= 11 is 0. The van der Waals surface area contributed by atoms with Gasteiger partial charge >= 0.3 is 0 Å². The Bertz CT molecular complexity index is 331. The lowest BCUT2D eigenvalue weighted by molar-refractivity contribution is 0.193. The van der Waals surface area contributed by atoms with Crippen molar-refractivity contribution in [2.24, 2.45) is 5.73 Å². The molecular formula is C12H19N3O. The number of aromatic nitrogens is 1. The van der Waals surface area contributed by atoms with Crippen LogP contribution < -0.4 is 10.6 Å². The fourth-order valence-electron chi connectivity index (χ4n) is 1.89. The van der Waals surface area contributed by atoms with Gasteiger partial charge in [0.2, 0.25) is 0 Å². The minimum Gasteiger partial charge on any atom is -0.379 e. The Morgan fingerprint density at radius 1 is 1.56 bits per heavy atom. The molecule has 0 aliphatic carbocycles. The van der Waals surface area contributed by atoms with E-state index in [1.807, 2.05) is 25.3 Å². The van der Waals surface area contributed by atoms with Crippen molar-refractivity contribution >= 4 is 5.82 Å². The third-order valence-electron chi connectivity index (χ3n) is 3.11. The minimum absolute atomic E-state index is 0.0432. The maximum atomic E-state index is 5.79. The monoisotopic (exact) mass is 221 g/mol. The number of nitrogens with zero attached hydrogens (tertiary/aromatic N) is 2. The molecule has 16 heavy (non-hydrogen) atoms. The van der Waals surface area contributed by atoms with E-state index in [9.17, 15) is 0 Å². The molecule has 88 valence electrons. The van der Waals surface area contributed by atoms with Crippen LogP contribution >= 0.6 is 0 Å². The van der Waals surface area contributed by atoms with Crippen LogP contribution in [0.15, 0.2) is 18.3 Å². The maximum Gasteiger partial charge on any atom is 0.128 e. The molecule has 0 saturated carbocycles. The molecule has 4 nitrogen and oxygen atoms in total. The molecule has 1 unspecified atom stereocenters. The molecule has 1 aliphatic heterocycles. The fourth-order valence-corrected chi connectivity index (χ4v) is 1.89. The number of ether oxygens (including phenoxy) is 1. The first kappa shape index (κ1) is 11.4. The Morgan fingerprint density at radius 3 is 2.88 bits per heavy atom. The summed E-state index contributed by atoms with van der Waals surface area (Å²) in [5, 5.41) is 0. The molecule has 1 aromatic heterocycles. The molecule has 2 N–H and O–H groups in total. The molecule has 1 aliphatic rings. The first-order valence-electron chi connectivity index (χ1n) is 5.70. The number of nitrogens with two attached hydrogens (primary N) is 1. The number of hydrogen-bond acceptors (Lipinski definition) is 4. The Hall–Kier alpha value is -1.13. The predicted octanol–water partition coefficient (Wildman–Crippen LogP) is 1.33. The van der Waals surface area contributed by atoms with Crippen molar-refractivity contribution in [2.75, 3.05) is 25.2 Å². The average molecular weight is 221 g/mol. The van der Waals surface area contributed by atoms with Crippen LogP contribution in [0, 0.1) is 0 Å². The summed E-state index contributed by atoms with van der Waals surface area (Å²) in [4.78, 5) is 6.61. The third-order valence-corrected chi connectivity index (χ3v) is 3.11. The van der Waals surface area contributed by atoms with Gasteiger partial charge in [-0.15, -0.1) is 0 Å². The van der Waals surface area contributed by atoms with Gasteiger partial charge in [0.25, 0.3) is 0 Å². The van der Waals surface area contributed by atoms with Gasteiger partial charge in [-0.1, -0.05) is 6.07 Å². The summed E-state index contributed by atoms with van der Waals surface area (Å²) in [7, 11) is 2.06. The summed E-state index contributed by atoms with van der Waals surface area (Å²) in [5.41, 5.74) is 6.86. The highest BCUT2D eigenvalue weighted by Gasteiger charge is 2.21. The molecule has 2 heterocycles. The quantitative estimate of drug-likeness (QED) is 0.836. The summed E-state index contributed by atoms with van der Waals surface area (Å²) in [6.45, 7) is 3.62. The number of anilines is 1. The second kappa shape index (κ2) is 4.80. The second-order valence-corrected chi connectivity index (χ2v) is 4.37. The number of rotatable bonds is 3. The van der Waals surface area contributed by atoms with Crippen LogP contribution in [0.25, 0.3) is 0 Å². The number of hydrogen-bond donors (Lipinski definition) is 1. The zero-order valence-electron chi connectivity index (χ0n) is 9.89. The summed E-state index contributed by atoms with van der Waals surface area (Å²) in [6, 6.07) is 4.56. The first-order chi connectivity index (χ1) is 7.68. The molecule has 2 atom stereocenters. The van der Waals surface area contributed by atoms with Crippen molar-refractivity contribution in [2.45, 2.75) is 25.4 Å². The predicted molar refractivity (Wildman–Crippen MR) is 64.5 cm³/mol. The van der Waals surface area contributed by atoms with Crippen LogP contribution in [0.2, 0.25) is 0 Å². The van der Waals surface area contributed by atoms with Crippen LogP contribution in [0.3, 0.4) is 0 Å². The molecule has 0 radical (unpaired) electrons. The van der Waals surface area contributed by atoms with Crippen molar-refractivity contribution in [1.29, 1.82) is 0 Å². The maximum absolute atomic E-state index is 5.79. The van der Waals surface area contributed by atoms with E-state index in [1.165, 1.54) is 0 Å². The van der Waals surface area contributed by atoms with Gasteiger partial charge in [-0.25, -0.2) is 4.98 Å². The molecule has 2 rings (SSSR count). The molecule has 1 aromatic rings. The third kappa shape index (κ3) is 2.33. The van der Waals surface area contributed by atoms with E-state index in [0.29, 0.717) is 6.04 Å². The Morgan fingerprint density at radius 2 is 2.38 bits per heavy atom. The van der Waals surface area contributed by atoms with Gasteiger partial charge in [0.1, 0.15) is 5.82 Å². The molecular weight excluding hydrogens is 202 g/mol. The zero-order chi connectivity index (χ0) is 11.5. The van der Waals surface area contributed by atoms with E-state index in [0.717, 1.165) is 31.0 Å². The molecule has 0 bridgehead atoms. The highest BCUT2D eigenvalue weighted by Crippen LogP contribution is 2.19. The Kier molecular flexibility index (Phi) is 3.41. The van der Waals surface area contributed by atoms with Gasteiger partial charge < -0.3 is 15.4 Å². The molecule has 4 heteroatoms. The van der Waals surface area contributed by atoms with Crippen molar-refractivity contribution in [3.63, 3.8) is 0 Å². The van der Waals surface area contributed by atoms with E-state index in [2.05, 4.69) is 16.9 Å². The lowest BCUT2D eigenvalue weighted by Crippen LogP contribution is -2.32. The average Bonchev–Trinajstić information content (AvgIpc) is 2.81. The van der Waals surface area contributed by atoms with Gasteiger partial charge in [-0.2, -0.15) is 0 Å². The summed E-state index contributed by atoms with van der Waals surface area (Å²) < 4.78 is 5.37.